The van der Waals surface area contributed by atoms with E-state index in [4.69, 9.17) is 9.47 Å². The van der Waals surface area contributed by atoms with Crippen LogP contribution in [-0.2, 0) is 14.3 Å². The standard InChI is InChI=1S/C32H60O4/c1-3-5-7-9-11-13-14-15-16-17-18-19-21-23-25-27-32(34)36-31(29-33)30-35-28-26-24-22-20-12-10-8-6-4-2/h11,13,15-16,31,33H,3-10,12,14,17-30H2,1-2H3/b13-11-,16-15-. The Morgan fingerprint density at radius 1 is 0.667 bits per heavy atom. The highest BCUT2D eigenvalue weighted by Gasteiger charge is 2.13. The SMILES string of the molecule is CCCCC/C=C\C/C=C\CCCCCCCC(=O)OC(CO)COCCCCCCCCCCC. The molecule has 1 N–H and O–H groups in total. The lowest BCUT2D eigenvalue weighted by Gasteiger charge is -2.15. The van der Waals surface area contributed by atoms with Gasteiger partial charge >= 0.3 is 5.97 Å². The van der Waals surface area contributed by atoms with Gasteiger partial charge in [0.05, 0.1) is 13.2 Å². The van der Waals surface area contributed by atoms with Crippen LogP contribution in [0.4, 0.5) is 0 Å². The second kappa shape index (κ2) is 30.1. The maximum Gasteiger partial charge on any atom is 0.306 e. The number of allylic oxidation sites excluding steroid dienone is 4. The Hall–Kier alpha value is -1.13. The van der Waals surface area contributed by atoms with Gasteiger partial charge in [0.15, 0.2) is 0 Å². The summed E-state index contributed by atoms with van der Waals surface area (Å²) < 4.78 is 11.0. The molecule has 0 rings (SSSR count). The van der Waals surface area contributed by atoms with Crippen LogP contribution in [0.15, 0.2) is 24.3 Å². The molecule has 0 spiro atoms. The molecule has 0 saturated carbocycles. The lowest BCUT2D eigenvalue weighted by Crippen LogP contribution is -2.27. The molecule has 212 valence electrons. The quantitative estimate of drug-likeness (QED) is 0.0650. The number of rotatable bonds is 28. The molecule has 0 heterocycles. The fourth-order valence-corrected chi connectivity index (χ4v) is 4.18. The summed E-state index contributed by atoms with van der Waals surface area (Å²) in [5.41, 5.74) is 0. The van der Waals surface area contributed by atoms with E-state index in [1.54, 1.807) is 0 Å². The second-order valence-corrected chi connectivity index (χ2v) is 10.2. The molecule has 0 saturated heterocycles. The summed E-state index contributed by atoms with van der Waals surface area (Å²) >= 11 is 0. The van der Waals surface area contributed by atoms with E-state index < -0.39 is 6.10 Å². The van der Waals surface area contributed by atoms with Gasteiger partial charge < -0.3 is 14.6 Å². The van der Waals surface area contributed by atoms with Crippen molar-refractivity contribution in [3.8, 4) is 0 Å². The molecule has 0 aromatic rings. The molecule has 0 aromatic carbocycles. The van der Waals surface area contributed by atoms with Gasteiger partial charge in [-0.3, -0.25) is 4.79 Å². The number of aliphatic hydroxyl groups is 1. The van der Waals surface area contributed by atoms with E-state index in [9.17, 15) is 9.90 Å². The zero-order valence-electron chi connectivity index (χ0n) is 24.0. The van der Waals surface area contributed by atoms with Crippen LogP contribution in [-0.4, -0.2) is 37.0 Å². The van der Waals surface area contributed by atoms with Crippen LogP contribution in [0.25, 0.3) is 0 Å². The zero-order chi connectivity index (χ0) is 26.4. The molecular weight excluding hydrogens is 448 g/mol. The molecule has 1 unspecified atom stereocenters. The van der Waals surface area contributed by atoms with Gasteiger partial charge in [0.25, 0.3) is 0 Å². The Kier molecular flexibility index (Phi) is 29.2. The lowest BCUT2D eigenvalue weighted by molar-refractivity contribution is -0.154. The smallest absolute Gasteiger partial charge is 0.306 e. The average Bonchev–Trinajstić information content (AvgIpc) is 2.88. The van der Waals surface area contributed by atoms with Gasteiger partial charge in [-0.1, -0.05) is 122 Å². The van der Waals surface area contributed by atoms with Crippen LogP contribution in [0, 0.1) is 0 Å². The number of unbranched alkanes of at least 4 members (excludes halogenated alkanes) is 16. The Morgan fingerprint density at radius 2 is 1.17 bits per heavy atom. The summed E-state index contributed by atoms with van der Waals surface area (Å²) in [6.07, 6.45) is 33.4. The molecule has 0 radical (unpaired) electrons. The molecule has 0 aromatic heterocycles. The zero-order valence-corrected chi connectivity index (χ0v) is 24.0. The third kappa shape index (κ3) is 27.5. The molecule has 0 fully saturated rings. The van der Waals surface area contributed by atoms with Crippen LogP contribution in [0.3, 0.4) is 0 Å². The van der Waals surface area contributed by atoms with Crippen molar-refractivity contribution in [2.45, 2.75) is 155 Å². The predicted octanol–water partition coefficient (Wildman–Crippen LogP) is 9.25. The minimum Gasteiger partial charge on any atom is -0.457 e. The molecule has 0 amide bonds. The van der Waals surface area contributed by atoms with Crippen molar-refractivity contribution < 1.29 is 19.4 Å². The number of carbonyl (C=O) groups excluding carboxylic acids is 1. The fourth-order valence-electron chi connectivity index (χ4n) is 4.18. The van der Waals surface area contributed by atoms with Crippen molar-refractivity contribution in [2.24, 2.45) is 0 Å². The highest BCUT2D eigenvalue weighted by molar-refractivity contribution is 5.69. The van der Waals surface area contributed by atoms with Crippen LogP contribution in [0.2, 0.25) is 0 Å². The molecule has 0 aliphatic heterocycles. The molecule has 36 heavy (non-hydrogen) atoms. The number of ether oxygens (including phenoxy) is 2. The van der Waals surface area contributed by atoms with Gasteiger partial charge in [-0.05, 0) is 44.9 Å². The van der Waals surface area contributed by atoms with Crippen molar-refractivity contribution in [1.82, 2.24) is 0 Å². The molecule has 0 bridgehead atoms. The normalized spacial score (nSPS) is 12.6. The first-order valence-electron chi connectivity index (χ1n) is 15.4. The summed E-state index contributed by atoms with van der Waals surface area (Å²) in [4.78, 5) is 12.0. The molecule has 1 atom stereocenters. The van der Waals surface area contributed by atoms with Gasteiger partial charge in [0, 0.05) is 13.0 Å². The molecule has 0 aliphatic carbocycles. The average molecular weight is 509 g/mol. The van der Waals surface area contributed by atoms with Gasteiger partial charge in [0.2, 0.25) is 0 Å². The highest BCUT2D eigenvalue weighted by atomic mass is 16.6. The molecule has 4 nitrogen and oxygen atoms in total. The summed E-state index contributed by atoms with van der Waals surface area (Å²) in [6, 6.07) is 0. The summed E-state index contributed by atoms with van der Waals surface area (Å²) in [5, 5.41) is 9.47. The van der Waals surface area contributed by atoms with Crippen LogP contribution in [0.1, 0.15) is 149 Å². The minimum atomic E-state index is -0.533. The number of hydrogen-bond donors (Lipinski definition) is 1. The summed E-state index contributed by atoms with van der Waals surface area (Å²) in [7, 11) is 0. The highest BCUT2D eigenvalue weighted by Crippen LogP contribution is 2.11. The first kappa shape index (κ1) is 34.9. The van der Waals surface area contributed by atoms with E-state index in [1.165, 1.54) is 89.9 Å². The molecular formula is C32H60O4. The van der Waals surface area contributed by atoms with E-state index in [2.05, 4.69) is 38.2 Å². The van der Waals surface area contributed by atoms with E-state index in [0.717, 1.165) is 38.5 Å². The van der Waals surface area contributed by atoms with Crippen molar-refractivity contribution in [3.05, 3.63) is 24.3 Å². The Bertz CT molecular complexity index is 500. The van der Waals surface area contributed by atoms with Crippen molar-refractivity contribution in [3.63, 3.8) is 0 Å². The number of hydrogen-bond acceptors (Lipinski definition) is 4. The minimum absolute atomic E-state index is 0.175. The maximum absolute atomic E-state index is 12.0. The fraction of sp³-hybridized carbons (Fsp3) is 0.844. The van der Waals surface area contributed by atoms with E-state index in [0.29, 0.717) is 19.6 Å². The summed E-state index contributed by atoms with van der Waals surface area (Å²) in [6.45, 7) is 5.29. The maximum atomic E-state index is 12.0. The van der Waals surface area contributed by atoms with Crippen LogP contribution >= 0.6 is 0 Å². The Labute approximate surface area is 224 Å². The van der Waals surface area contributed by atoms with Gasteiger partial charge in [-0.15, -0.1) is 0 Å². The van der Waals surface area contributed by atoms with Gasteiger partial charge in [-0.25, -0.2) is 0 Å². The molecule has 0 aliphatic rings. The number of carbonyl (C=O) groups is 1. The first-order chi connectivity index (χ1) is 17.7. The van der Waals surface area contributed by atoms with Crippen molar-refractivity contribution in [2.75, 3.05) is 19.8 Å². The van der Waals surface area contributed by atoms with Gasteiger partial charge in [-0.2, -0.15) is 0 Å². The van der Waals surface area contributed by atoms with E-state index in [-0.39, 0.29) is 12.6 Å². The number of esters is 1. The Morgan fingerprint density at radius 3 is 1.78 bits per heavy atom. The summed E-state index contributed by atoms with van der Waals surface area (Å²) in [5.74, 6) is -0.216. The monoisotopic (exact) mass is 508 g/mol. The lowest BCUT2D eigenvalue weighted by atomic mass is 10.1. The van der Waals surface area contributed by atoms with E-state index in [1.807, 2.05) is 0 Å². The van der Waals surface area contributed by atoms with Crippen LogP contribution in [0.5, 0.6) is 0 Å². The van der Waals surface area contributed by atoms with Crippen molar-refractivity contribution >= 4 is 5.97 Å². The third-order valence-corrected chi connectivity index (χ3v) is 6.53. The predicted molar refractivity (Wildman–Crippen MR) is 154 cm³/mol. The first-order valence-corrected chi connectivity index (χ1v) is 15.4. The molecule has 4 heteroatoms. The Balaban J connectivity index is 3.50. The van der Waals surface area contributed by atoms with Crippen molar-refractivity contribution in [1.29, 1.82) is 0 Å². The number of aliphatic hydroxyl groups excluding tert-OH is 1. The van der Waals surface area contributed by atoms with E-state index >= 15 is 0 Å². The third-order valence-electron chi connectivity index (χ3n) is 6.53. The topological polar surface area (TPSA) is 55.8 Å². The van der Waals surface area contributed by atoms with Crippen LogP contribution < -0.4 is 0 Å². The van der Waals surface area contributed by atoms with Gasteiger partial charge in [0.1, 0.15) is 6.10 Å². The largest absolute Gasteiger partial charge is 0.457 e. The second-order valence-electron chi connectivity index (χ2n) is 10.2.